The fraction of sp³-hybridized carbons (Fsp3) is 0.421. The number of carbonyl (C=O) groups excluding carboxylic acids is 1. The van der Waals surface area contributed by atoms with Crippen LogP contribution in [0.1, 0.15) is 17.3 Å². The van der Waals surface area contributed by atoms with Gasteiger partial charge in [-0.15, -0.1) is 0 Å². The largest absolute Gasteiger partial charge is 0.462 e. The Morgan fingerprint density at radius 3 is 2.32 bits per heavy atom. The van der Waals surface area contributed by atoms with Gasteiger partial charge in [0.1, 0.15) is 12.0 Å². The standard InChI is InChI=1S/C19H27N5O4/c1-4-28-19(25)14-5-7-15(8-6-14)23-17-16(20)18(22-13-21-17)24(9-11-26-2)10-12-27-3/h5-8,13H,4,9-12,20H2,1-3H3,(H,21,22,23). The van der Waals surface area contributed by atoms with E-state index in [0.29, 0.717) is 55.8 Å². The Bertz CT molecular complexity index is 746. The molecule has 0 saturated carbocycles. The van der Waals surface area contributed by atoms with Crippen LogP contribution in [0.4, 0.5) is 23.0 Å². The minimum absolute atomic E-state index is 0.335. The van der Waals surface area contributed by atoms with Gasteiger partial charge in [-0.25, -0.2) is 14.8 Å². The van der Waals surface area contributed by atoms with Crippen LogP contribution in [0, 0.1) is 0 Å². The van der Waals surface area contributed by atoms with Crippen molar-refractivity contribution in [2.24, 2.45) is 0 Å². The van der Waals surface area contributed by atoms with Crippen LogP contribution in [0.25, 0.3) is 0 Å². The molecule has 28 heavy (non-hydrogen) atoms. The third-order valence-electron chi connectivity index (χ3n) is 3.95. The smallest absolute Gasteiger partial charge is 0.338 e. The first-order valence-corrected chi connectivity index (χ1v) is 8.98. The van der Waals surface area contributed by atoms with Crippen molar-refractivity contribution in [2.75, 3.05) is 63.1 Å². The number of rotatable bonds is 11. The van der Waals surface area contributed by atoms with Gasteiger partial charge < -0.3 is 30.2 Å². The number of nitrogens with one attached hydrogen (secondary N) is 1. The highest BCUT2D eigenvalue weighted by atomic mass is 16.5. The molecular formula is C19H27N5O4. The van der Waals surface area contributed by atoms with Gasteiger partial charge in [-0.1, -0.05) is 0 Å². The van der Waals surface area contributed by atoms with Gasteiger partial charge in [0.2, 0.25) is 0 Å². The number of aromatic nitrogens is 2. The Labute approximate surface area is 164 Å². The zero-order valence-electron chi connectivity index (χ0n) is 16.5. The lowest BCUT2D eigenvalue weighted by Crippen LogP contribution is -2.32. The molecule has 0 radical (unpaired) electrons. The normalized spacial score (nSPS) is 10.5. The van der Waals surface area contributed by atoms with E-state index in [1.54, 1.807) is 45.4 Å². The zero-order chi connectivity index (χ0) is 20.4. The number of anilines is 4. The molecule has 0 spiro atoms. The SMILES string of the molecule is CCOC(=O)c1ccc(Nc2ncnc(N(CCOC)CCOC)c2N)cc1. The maximum atomic E-state index is 11.8. The van der Waals surface area contributed by atoms with Crippen molar-refractivity contribution in [3.63, 3.8) is 0 Å². The van der Waals surface area contributed by atoms with E-state index in [1.165, 1.54) is 6.33 Å². The molecule has 9 heteroatoms. The summed E-state index contributed by atoms with van der Waals surface area (Å²) < 4.78 is 15.3. The molecule has 0 aliphatic rings. The number of hydrogen-bond acceptors (Lipinski definition) is 9. The van der Waals surface area contributed by atoms with Gasteiger partial charge in [0.15, 0.2) is 11.6 Å². The van der Waals surface area contributed by atoms with Crippen molar-refractivity contribution in [1.82, 2.24) is 9.97 Å². The maximum Gasteiger partial charge on any atom is 0.338 e. The molecule has 0 amide bonds. The van der Waals surface area contributed by atoms with Crippen LogP contribution in [-0.2, 0) is 14.2 Å². The highest BCUT2D eigenvalue weighted by Gasteiger charge is 2.15. The van der Waals surface area contributed by atoms with Gasteiger partial charge in [-0.3, -0.25) is 0 Å². The van der Waals surface area contributed by atoms with Crippen molar-refractivity contribution in [2.45, 2.75) is 6.92 Å². The number of esters is 1. The second kappa shape index (κ2) is 11.1. The molecule has 0 aliphatic carbocycles. The minimum atomic E-state index is -0.357. The molecule has 2 aromatic rings. The van der Waals surface area contributed by atoms with Gasteiger partial charge in [0.25, 0.3) is 0 Å². The van der Waals surface area contributed by atoms with Crippen LogP contribution in [-0.4, -0.2) is 63.1 Å². The molecule has 1 aromatic heterocycles. The van der Waals surface area contributed by atoms with Crippen LogP contribution in [0.15, 0.2) is 30.6 Å². The first-order valence-electron chi connectivity index (χ1n) is 8.98. The highest BCUT2D eigenvalue weighted by Crippen LogP contribution is 2.28. The van der Waals surface area contributed by atoms with Crippen LogP contribution >= 0.6 is 0 Å². The van der Waals surface area contributed by atoms with E-state index in [1.807, 2.05) is 4.90 Å². The van der Waals surface area contributed by atoms with E-state index < -0.39 is 0 Å². The summed E-state index contributed by atoms with van der Waals surface area (Å²) in [6.07, 6.45) is 1.45. The summed E-state index contributed by atoms with van der Waals surface area (Å²) in [5.74, 6) is 0.730. The predicted molar refractivity (Wildman–Crippen MR) is 108 cm³/mol. The molecule has 1 heterocycles. The number of ether oxygens (including phenoxy) is 3. The number of hydrogen-bond donors (Lipinski definition) is 2. The van der Waals surface area contributed by atoms with E-state index in [9.17, 15) is 4.79 Å². The van der Waals surface area contributed by atoms with Crippen LogP contribution in [0.2, 0.25) is 0 Å². The number of benzene rings is 1. The Morgan fingerprint density at radius 1 is 1.11 bits per heavy atom. The van der Waals surface area contributed by atoms with Crippen molar-refractivity contribution in [3.05, 3.63) is 36.2 Å². The van der Waals surface area contributed by atoms with Crippen molar-refractivity contribution >= 4 is 29.0 Å². The molecule has 0 aliphatic heterocycles. The summed E-state index contributed by atoms with van der Waals surface area (Å²) >= 11 is 0. The number of nitrogens with two attached hydrogens (primary N) is 1. The molecule has 0 fully saturated rings. The molecule has 9 nitrogen and oxygen atoms in total. The van der Waals surface area contributed by atoms with Gasteiger partial charge in [0, 0.05) is 33.0 Å². The van der Waals surface area contributed by atoms with E-state index in [0.717, 1.165) is 5.69 Å². The lowest BCUT2D eigenvalue weighted by atomic mass is 10.2. The molecule has 0 unspecified atom stereocenters. The number of nitrogens with zero attached hydrogens (tertiary/aromatic N) is 3. The van der Waals surface area contributed by atoms with Crippen molar-refractivity contribution < 1.29 is 19.0 Å². The van der Waals surface area contributed by atoms with Crippen LogP contribution < -0.4 is 16.0 Å². The van der Waals surface area contributed by atoms with Crippen LogP contribution in [0.5, 0.6) is 0 Å². The van der Waals surface area contributed by atoms with E-state index in [2.05, 4.69) is 15.3 Å². The molecule has 2 rings (SSSR count). The maximum absolute atomic E-state index is 11.8. The first-order chi connectivity index (χ1) is 13.6. The average Bonchev–Trinajstić information content (AvgIpc) is 2.71. The molecule has 0 atom stereocenters. The third kappa shape index (κ3) is 5.80. The van der Waals surface area contributed by atoms with E-state index >= 15 is 0 Å². The molecule has 0 bridgehead atoms. The summed E-state index contributed by atoms with van der Waals surface area (Å²) in [6.45, 7) is 4.41. The lowest BCUT2D eigenvalue weighted by molar-refractivity contribution is 0.0526. The topological polar surface area (TPSA) is 112 Å². The quantitative estimate of drug-likeness (QED) is 0.558. The van der Waals surface area contributed by atoms with Gasteiger partial charge in [-0.05, 0) is 31.2 Å². The fourth-order valence-electron chi connectivity index (χ4n) is 2.51. The number of methoxy groups -OCH3 is 2. The average molecular weight is 389 g/mol. The van der Waals surface area contributed by atoms with Gasteiger partial charge in [-0.2, -0.15) is 0 Å². The Morgan fingerprint density at radius 2 is 1.75 bits per heavy atom. The second-order valence-electron chi connectivity index (χ2n) is 5.86. The lowest BCUT2D eigenvalue weighted by Gasteiger charge is -2.25. The molecular weight excluding hydrogens is 362 g/mol. The molecule has 3 N–H and O–H groups in total. The second-order valence-corrected chi connectivity index (χ2v) is 5.86. The summed E-state index contributed by atoms with van der Waals surface area (Å²) in [5, 5.41) is 3.16. The summed E-state index contributed by atoms with van der Waals surface area (Å²) in [5.41, 5.74) is 7.95. The number of carbonyl (C=O) groups is 1. The molecule has 0 saturated heterocycles. The summed E-state index contributed by atoms with van der Waals surface area (Å²) in [6, 6.07) is 6.90. The van der Waals surface area contributed by atoms with Gasteiger partial charge >= 0.3 is 5.97 Å². The summed E-state index contributed by atoms with van der Waals surface area (Å²) in [7, 11) is 3.29. The van der Waals surface area contributed by atoms with E-state index in [-0.39, 0.29) is 5.97 Å². The molecule has 1 aromatic carbocycles. The third-order valence-corrected chi connectivity index (χ3v) is 3.95. The van der Waals surface area contributed by atoms with Crippen molar-refractivity contribution in [3.8, 4) is 0 Å². The first kappa shape index (κ1) is 21.4. The minimum Gasteiger partial charge on any atom is -0.462 e. The predicted octanol–water partition coefficient (Wildman–Crippen LogP) is 2.08. The molecule has 152 valence electrons. The van der Waals surface area contributed by atoms with E-state index in [4.69, 9.17) is 19.9 Å². The number of nitrogen functional groups attached to an aromatic ring is 1. The Balaban J connectivity index is 2.18. The zero-order valence-corrected chi connectivity index (χ0v) is 16.5. The Kier molecular flexibility index (Phi) is 8.44. The fourth-order valence-corrected chi connectivity index (χ4v) is 2.51. The highest BCUT2D eigenvalue weighted by molar-refractivity contribution is 5.90. The summed E-state index contributed by atoms with van der Waals surface area (Å²) in [4.78, 5) is 22.3. The monoisotopic (exact) mass is 389 g/mol. The van der Waals surface area contributed by atoms with Gasteiger partial charge in [0.05, 0.1) is 25.4 Å². The van der Waals surface area contributed by atoms with Crippen molar-refractivity contribution in [1.29, 1.82) is 0 Å². The van der Waals surface area contributed by atoms with Crippen LogP contribution in [0.3, 0.4) is 0 Å². The Hall–Kier alpha value is -2.91.